The van der Waals surface area contributed by atoms with Crippen molar-refractivity contribution >= 4 is 5.76 Å². The van der Waals surface area contributed by atoms with E-state index in [4.69, 9.17) is 4.74 Å². The van der Waals surface area contributed by atoms with Crippen molar-refractivity contribution in [2.75, 3.05) is 0 Å². The first-order valence-electron chi connectivity index (χ1n) is 4.88. The number of benzene rings is 1. The number of rotatable bonds is 0. The van der Waals surface area contributed by atoms with Crippen LogP contribution in [0.2, 0.25) is 0 Å². The third-order valence-electron chi connectivity index (χ3n) is 2.71. The quantitative estimate of drug-likeness (QED) is 0.694. The number of aliphatic hydroxyl groups is 1. The molecule has 1 aromatic rings. The van der Waals surface area contributed by atoms with E-state index in [0.717, 1.165) is 16.7 Å². The van der Waals surface area contributed by atoms with Crippen molar-refractivity contribution in [1.29, 1.82) is 0 Å². The van der Waals surface area contributed by atoms with Crippen LogP contribution in [0.5, 0.6) is 0 Å². The highest BCUT2D eigenvalue weighted by Gasteiger charge is 2.26. The van der Waals surface area contributed by atoms with Gasteiger partial charge in [0, 0.05) is 16.7 Å². The summed E-state index contributed by atoms with van der Waals surface area (Å²) in [6.45, 7) is 0. The van der Waals surface area contributed by atoms with E-state index >= 15 is 0 Å². The molecule has 0 bridgehead atoms. The maximum atomic E-state index is 9.84. The summed E-state index contributed by atoms with van der Waals surface area (Å²) in [7, 11) is 0. The zero-order valence-corrected chi connectivity index (χ0v) is 8.05. The average Bonchev–Trinajstić information content (AvgIpc) is 2.30. The van der Waals surface area contributed by atoms with E-state index in [0.29, 0.717) is 5.76 Å². The lowest BCUT2D eigenvalue weighted by molar-refractivity contribution is 0.176. The molecule has 0 saturated carbocycles. The molecule has 15 heavy (non-hydrogen) atoms. The van der Waals surface area contributed by atoms with Gasteiger partial charge >= 0.3 is 0 Å². The minimum atomic E-state index is -0.0675. The van der Waals surface area contributed by atoms with Crippen molar-refractivity contribution in [2.45, 2.75) is 6.10 Å². The van der Waals surface area contributed by atoms with Crippen LogP contribution < -0.4 is 0 Å². The zero-order valence-electron chi connectivity index (χ0n) is 8.05. The van der Waals surface area contributed by atoms with Crippen LogP contribution in [-0.4, -0.2) is 5.11 Å². The van der Waals surface area contributed by atoms with Crippen molar-refractivity contribution in [3.05, 3.63) is 65.5 Å². The van der Waals surface area contributed by atoms with Crippen molar-refractivity contribution < 1.29 is 9.84 Å². The standard InChI is InChI=1S/C13H10O2/c14-12-8-9-4-3-7-15-13(9)11-6-2-1-5-10(11)12/h1-8,13-14H. The molecule has 1 unspecified atom stereocenters. The second kappa shape index (κ2) is 3.02. The molecule has 1 aromatic carbocycles. The fourth-order valence-electron chi connectivity index (χ4n) is 2.01. The van der Waals surface area contributed by atoms with Crippen LogP contribution >= 0.6 is 0 Å². The zero-order chi connectivity index (χ0) is 10.3. The van der Waals surface area contributed by atoms with Gasteiger partial charge in [0.15, 0.2) is 0 Å². The fraction of sp³-hybridized carbons (Fsp3) is 0.0769. The number of hydrogen-bond acceptors (Lipinski definition) is 2. The van der Waals surface area contributed by atoms with Crippen molar-refractivity contribution in [1.82, 2.24) is 0 Å². The van der Waals surface area contributed by atoms with Gasteiger partial charge in [0.2, 0.25) is 0 Å². The lowest BCUT2D eigenvalue weighted by Gasteiger charge is -2.26. The molecule has 2 aliphatic rings. The first-order valence-corrected chi connectivity index (χ1v) is 4.88. The van der Waals surface area contributed by atoms with Gasteiger partial charge in [0.25, 0.3) is 0 Å². The van der Waals surface area contributed by atoms with Gasteiger partial charge in [-0.05, 0) is 12.2 Å². The Morgan fingerprint density at radius 1 is 1.20 bits per heavy atom. The van der Waals surface area contributed by atoms with Gasteiger partial charge in [0.05, 0.1) is 6.26 Å². The number of fused-ring (bicyclic) bond motifs is 3. The Morgan fingerprint density at radius 3 is 3.00 bits per heavy atom. The van der Waals surface area contributed by atoms with Crippen LogP contribution in [0.15, 0.2) is 54.3 Å². The monoisotopic (exact) mass is 198 g/mol. The van der Waals surface area contributed by atoms with E-state index < -0.39 is 0 Å². The van der Waals surface area contributed by atoms with E-state index in [1.165, 1.54) is 0 Å². The Kier molecular flexibility index (Phi) is 1.68. The van der Waals surface area contributed by atoms with Crippen LogP contribution in [0.1, 0.15) is 17.2 Å². The summed E-state index contributed by atoms with van der Waals surface area (Å²) in [5.74, 6) is 0.312. The molecule has 1 aliphatic carbocycles. The topological polar surface area (TPSA) is 29.5 Å². The Morgan fingerprint density at radius 2 is 2.07 bits per heavy atom. The maximum absolute atomic E-state index is 9.84. The predicted octanol–water partition coefficient (Wildman–Crippen LogP) is 3.11. The van der Waals surface area contributed by atoms with Gasteiger partial charge in [-0.3, -0.25) is 0 Å². The minimum Gasteiger partial charge on any atom is -0.507 e. The van der Waals surface area contributed by atoms with Crippen molar-refractivity contribution in [3.63, 3.8) is 0 Å². The SMILES string of the molecule is OC1=CC2=CC=COC2c2ccccc21. The van der Waals surface area contributed by atoms with Crippen LogP contribution in [0.3, 0.4) is 0 Å². The summed E-state index contributed by atoms with van der Waals surface area (Å²) < 4.78 is 5.55. The lowest BCUT2D eigenvalue weighted by Crippen LogP contribution is -2.12. The van der Waals surface area contributed by atoms with E-state index in [1.54, 1.807) is 12.3 Å². The highest BCUT2D eigenvalue weighted by molar-refractivity contribution is 5.70. The summed E-state index contributed by atoms with van der Waals surface area (Å²) in [6, 6.07) is 7.75. The molecule has 1 N–H and O–H groups in total. The van der Waals surface area contributed by atoms with Gasteiger partial charge in [-0.15, -0.1) is 0 Å². The summed E-state index contributed by atoms with van der Waals surface area (Å²) in [5.41, 5.74) is 2.87. The largest absolute Gasteiger partial charge is 0.507 e. The smallest absolute Gasteiger partial charge is 0.149 e. The fourth-order valence-corrected chi connectivity index (χ4v) is 2.01. The molecular formula is C13H10O2. The van der Waals surface area contributed by atoms with Gasteiger partial charge in [-0.25, -0.2) is 0 Å². The molecule has 0 spiro atoms. The van der Waals surface area contributed by atoms with Crippen molar-refractivity contribution in [2.24, 2.45) is 0 Å². The summed E-state index contributed by atoms with van der Waals surface area (Å²) in [4.78, 5) is 0. The van der Waals surface area contributed by atoms with E-state index in [2.05, 4.69) is 0 Å². The number of aliphatic hydroxyl groups excluding tert-OH is 1. The predicted molar refractivity (Wildman–Crippen MR) is 58.1 cm³/mol. The summed E-state index contributed by atoms with van der Waals surface area (Å²) in [6.07, 6.45) is 7.17. The average molecular weight is 198 g/mol. The van der Waals surface area contributed by atoms with E-state index in [9.17, 15) is 5.11 Å². The molecule has 3 rings (SSSR count). The number of hydrogen-bond donors (Lipinski definition) is 1. The first kappa shape index (κ1) is 8.36. The molecule has 2 heteroatoms. The Balaban J connectivity index is 2.23. The molecule has 1 aliphatic heterocycles. The molecule has 1 heterocycles. The molecule has 2 nitrogen and oxygen atoms in total. The Hall–Kier alpha value is -1.96. The molecule has 0 fully saturated rings. The van der Waals surface area contributed by atoms with E-state index in [1.807, 2.05) is 36.4 Å². The number of ether oxygens (including phenoxy) is 1. The van der Waals surface area contributed by atoms with Gasteiger partial charge in [0.1, 0.15) is 11.9 Å². The molecular weight excluding hydrogens is 188 g/mol. The van der Waals surface area contributed by atoms with Gasteiger partial charge in [-0.2, -0.15) is 0 Å². The van der Waals surface area contributed by atoms with Crippen LogP contribution in [0, 0.1) is 0 Å². The second-order valence-electron chi connectivity index (χ2n) is 3.63. The highest BCUT2D eigenvalue weighted by Crippen LogP contribution is 2.38. The molecule has 0 amide bonds. The third kappa shape index (κ3) is 1.18. The van der Waals surface area contributed by atoms with Crippen molar-refractivity contribution in [3.8, 4) is 0 Å². The summed E-state index contributed by atoms with van der Waals surface area (Å²) in [5, 5.41) is 9.84. The normalized spacial score (nSPS) is 22.0. The van der Waals surface area contributed by atoms with Crippen LogP contribution in [0.25, 0.3) is 5.76 Å². The molecule has 0 radical (unpaired) electrons. The summed E-state index contributed by atoms with van der Waals surface area (Å²) >= 11 is 0. The highest BCUT2D eigenvalue weighted by atomic mass is 16.5. The first-order chi connectivity index (χ1) is 7.36. The molecule has 1 atom stereocenters. The van der Waals surface area contributed by atoms with Gasteiger partial charge < -0.3 is 9.84 Å². The molecule has 74 valence electrons. The van der Waals surface area contributed by atoms with Crippen LogP contribution in [-0.2, 0) is 4.74 Å². The molecule has 0 saturated heterocycles. The second-order valence-corrected chi connectivity index (χ2v) is 3.63. The molecule has 0 aromatic heterocycles. The van der Waals surface area contributed by atoms with Crippen LogP contribution in [0.4, 0.5) is 0 Å². The maximum Gasteiger partial charge on any atom is 0.149 e. The lowest BCUT2D eigenvalue weighted by atomic mass is 9.89. The third-order valence-corrected chi connectivity index (χ3v) is 2.71. The Labute approximate surface area is 87.8 Å². The Bertz CT molecular complexity index is 495. The minimum absolute atomic E-state index is 0.0675. The number of allylic oxidation sites excluding steroid dienone is 2. The van der Waals surface area contributed by atoms with E-state index in [-0.39, 0.29) is 6.10 Å². The van der Waals surface area contributed by atoms with Gasteiger partial charge in [-0.1, -0.05) is 30.3 Å².